The number of ketones is 1. The largest absolute Gasteiger partial charge is 0.322 e. The van der Waals surface area contributed by atoms with Gasteiger partial charge in [0.25, 0.3) is 5.91 Å². The van der Waals surface area contributed by atoms with Crippen molar-refractivity contribution in [3.63, 3.8) is 0 Å². The second-order valence-electron chi connectivity index (χ2n) is 7.44. The van der Waals surface area contributed by atoms with E-state index in [1.54, 1.807) is 23.9 Å². The first-order valence-electron chi connectivity index (χ1n) is 9.27. The Hall–Kier alpha value is -1.99. The van der Waals surface area contributed by atoms with Gasteiger partial charge in [-0.2, -0.15) is 0 Å². The number of benzene rings is 2. The highest BCUT2D eigenvalue weighted by Crippen LogP contribution is 2.46. The number of nitrogens with one attached hydrogen (secondary N) is 1. The molecule has 8 heteroatoms. The molecule has 2 aromatic carbocycles. The molecule has 2 unspecified atom stereocenters. The second kappa shape index (κ2) is 8.03. The van der Waals surface area contributed by atoms with E-state index in [-0.39, 0.29) is 28.3 Å². The monoisotopic (exact) mass is 439 g/mol. The first-order chi connectivity index (χ1) is 13.8. The first kappa shape index (κ1) is 20.3. The summed E-state index contributed by atoms with van der Waals surface area (Å²) in [5, 5.41) is 3.11. The van der Waals surface area contributed by atoms with Crippen molar-refractivity contribution in [2.75, 3.05) is 5.32 Å². The predicted molar refractivity (Wildman–Crippen MR) is 106 cm³/mol. The summed E-state index contributed by atoms with van der Waals surface area (Å²) in [6.07, 6.45) is 3.50. The van der Waals surface area contributed by atoms with Crippen LogP contribution in [-0.2, 0) is 4.79 Å². The van der Waals surface area contributed by atoms with E-state index >= 15 is 0 Å². The normalized spacial score (nSPS) is 23.3. The van der Waals surface area contributed by atoms with Gasteiger partial charge in [-0.1, -0.05) is 11.6 Å². The lowest BCUT2D eigenvalue weighted by Crippen LogP contribution is -2.27. The van der Waals surface area contributed by atoms with Crippen molar-refractivity contribution in [2.24, 2.45) is 11.8 Å². The highest BCUT2D eigenvalue weighted by atomic mass is 35.5. The highest BCUT2D eigenvalue weighted by molar-refractivity contribution is 8.00. The molecule has 2 aliphatic rings. The summed E-state index contributed by atoms with van der Waals surface area (Å²) in [5.41, 5.74) is 0.0785. The summed E-state index contributed by atoms with van der Waals surface area (Å²) in [6, 6.07) is 6.16. The summed E-state index contributed by atoms with van der Waals surface area (Å²) in [4.78, 5) is 25.3. The second-order valence-corrected chi connectivity index (χ2v) is 9.19. The molecule has 0 spiro atoms. The number of halogens is 4. The molecule has 2 saturated carbocycles. The number of thioether (sulfide) groups is 1. The summed E-state index contributed by atoms with van der Waals surface area (Å²) in [7, 11) is 0. The molecule has 2 aromatic rings. The smallest absolute Gasteiger partial charge is 0.255 e. The summed E-state index contributed by atoms with van der Waals surface area (Å²) >= 11 is 7.85. The molecule has 0 heterocycles. The van der Waals surface area contributed by atoms with E-state index < -0.39 is 23.4 Å². The standard InChI is InChI=1S/C21H17ClF3NO2S/c22-15-4-3-12(21(28)26-13-8-16(23)19(25)17(24)9-13)7-18(15)29-14-5-10-1-2-11(6-14)20(10)27/h3-4,7-11,14H,1-2,5-6H2,(H,26,28)/t10-,11?,14?/m0/s1. The van der Waals surface area contributed by atoms with Crippen LogP contribution in [0, 0.1) is 29.3 Å². The summed E-state index contributed by atoms with van der Waals surface area (Å²) < 4.78 is 39.8. The fourth-order valence-corrected chi connectivity index (χ4v) is 5.70. The SMILES string of the molecule is O=C(Nc1cc(F)c(F)c(F)c1)c1ccc(Cl)c(SC2CC3CC[C@@H](C2)C3=O)c1. The van der Waals surface area contributed by atoms with E-state index in [0.717, 1.165) is 42.7 Å². The summed E-state index contributed by atoms with van der Waals surface area (Å²) in [5.74, 6) is -4.32. The van der Waals surface area contributed by atoms with Gasteiger partial charge in [0, 0.05) is 45.4 Å². The van der Waals surface area contributed by atoms with Crippen LogP contribution in [0.25, 0.3) is 0 Å². The zero-order valence-electron chi connectivity index (χ0n) is 15.2. The Morgan fingerprint density at radius 3 is 2.28 bits per heavy atom. The van der Waals surface area contributed by atoms with Crippen molar-refractivity contribution in [3.05, 3.63) is 58.4 Å². The number of anilines is 1. The van der Waals surface area contributed by atoms with Crippen LogP contribution < -0.4 is 5.32 Å². The molecule has 2 fully saturated rings. The third-order valence-electron chi connectivity index (χ3n) is 5.49. The molecule has 0 saturated heterocycles. The van der Waals surface area contributed by atoms with Crippen LogP contribution in [0.4, 0.5) is 18.9 Å². The fraction of sp³-hybridized carbons (Fsp3) is 0.333. The molecule has 0 aliphatic heterocycles. The van der Waals surface area contributed by atoms with E-state index in [2.05, 4.69) is 5.32 Å². The number of fused-ring (bicyclic) bond motifs is 2. The van der Waals surface area contributed by atoms with Gasteiger partial charge in [-0.3, -0.25) is 9.59 Å². The fourth-order valence-electron chi connectivity index (χ4n) is 4.06. The first-order valence-corrected chi connectivity index (χ1v) is 10.5. The van der Waals surface area contributed by atoms with Crippen LogP contribution in [0.2, 0.25) is 5.02 Å². The van der Waals surface area contributed by atoms with E-state index in [0.29, 0.717) is 10.8 Å². The third kappa shape index (κ3) is 4.16. The Morgan fingerprint density at radius 1 is 1.03 bits per heavy atom. The van der Waals surface area contributed by atoms with Crippen molar-refractivity contribution in [3.8, 4) is 0 Å². The molecule has 29 heavy (non-hydrogen) atoms. The van der Waals surface area contributed by atoms with Gasteiger partial charge in [0.05, 0.1) is 5.02 Å². The van der Waals surface area contributed by atoms with Gasteiger partial charge in [-0.05, 0) is 43.9 Å². The van der Waals surface area contributed by atoms with Crippen LogP contribution in [0.3, 0.4) is 0 Å². The van der Waals surface area contributed by atoms with Gasteiger partial charge in [0.2, 0.25) is 0 Å². The average Bonchev–Trinajstić information content (AvgIpc) is 2.89. The average molecular weight is 440 g/mol. The van der Waals surface area contributed by atoms with Gasteiger partial charge in [-0.25, -0.2) is 13.2 Å². The van der Waals surface area contributed by atoms with Crippen LogP contribution >= 0.6 is 23.4 Å². The number of amides is 1. The number of Topliss-reactive ketones (excluding diaryl/α,β-unsaturated/α-hetero) is 1. The Morgan fingerprint density at radius 2 is 1.66 bits per heavy atom. The number of hydrogen-bond acceptors (Lipinski definition) is 3. The molecule has 3 atom stereocenters. The van der Waals surface area contributed by atoms with E-state index in [1.165, 1.54) is 6.07 Å². The van der Waals surface area contributed by atoms with Gasteiger partial charge < -0.3 is 5.32 Å². The minimum absolute atomic E-state index is 0.125. The lowest BCUT2D eigenvalue weighted by molar-refractivity contribution is -0.125. The Balaban J connectivity index is 1.49. The highest BCUT2D eigenvalue weighted by Gasteiger charge is 2.41. The topological polar surface area (TPSA) is 46.2 Å². The van der Waals surface area contributed by atoms with Crippen molar-refractivity contribution >= 4 is 40.7 Å². The van der Waals surface area contributed by atoms with Crippen molar-refractivity contribution in [1.29, 1.82) is 0 Å². The molecule has 152 valence electrons. The quantitative estimate of drug-likeness (QED) is 0.607. The molecular weight excluding hydrogens is 423 g/mol. The third-order valence-corrected chi connectivity index (χ3v) is 7.24. The van der Waals surface area contributed by atoms with Crippen molar-refractivity contribution < 1.29 is 22.8 Å². The maximum Gasteiger partial charge on any atom is 0.255 e. The van der Waals surface area contributed by atoms with E-state index in [4.69, 9.17) is 11.6 Å². The molecule has 2 bridgehead atoms. The Kier molecular flexibility index (Phi) is 5.62. The van der Waals surface area contributed by atoms with Crippen LogP contribution in [-0.4, -0.2) is 16.9 Å². The zero-order valence-corrected chi connectivity index (χ0v) is 16.8. The molecule has 2 aliphatic carbocycles. The predicted octanol–water partition coefficient (Wildman–Crippen LogP) is 5.86. The number of hydrogen-bond donors (Lipinski definition) is 1. The minimum Gasteiger partial charge on any atom is -0.322 e. The molecular formula is C21H17ClF3NO2S. The Bertz CT molecular complexity index is 961. The van der Waals surface area contributed by atoms with Gasteiger partial charge in [0.15, 0.2) is 17.5 Å². The van der Waals surface area contributed by atoms with Crippen LogP contribution in [0.1, 0.15) is 36.0 Å². The van der Waals surface area contributed by atoms with Gasteiger partial charge >= 0.3 is 0 Å². The van der Waals surface area contributed by atoms with Crippen LogP contribution in [0.15, 0.2) is 35.2 Å². The maximum absolute atomic E-state index is 13.4. The van der Waals surface area contributed by atoms with E-state index in [9.17, 15) is 22.8 Å². The number of rotatable bonds is 4. The maximum atomic E-state index is 13.4. The zero-order chi connectivity index (χ0) is 20.7. The molecule has 4 rings (SSSR count). The lowest BCUT2D eigenvalue weighted by Gasteiger charge is -2.26. The van der Waals surface area contributed by atoms with Crippen LogP contribution in [0.5, 0.6) is 0 Å². The minimum atomic E-state index is -1.59. The van der Waals surface area contributed by atoms with Crippen molar-refractivity contribution in [2.45, 2.75) is 35.8 Å². The number of carbonyl (C=O) groups is 2. The van der Waals surface area contributed by atoms with Crippen molar-refractivity contribution in [1.82, 2.24) is 0 Å². The lowest BCUT2D eigenvalue weighted by atomic mass is 9.87. The molecule has 0 aromatic heterocycles. The van der Waals surface area contributed by atoms with Gasteiger partial charge in [-0.15, -0.1) is 11.8 Å². The number of carbonyl (C=O) groups excluding carboxylic acids is 2. The summed E-state index contributed by atoms with van der Waals surface area (Å²) in [6.45, 7) is 0. The molecule has 1 N–H and O–H groups in total. The molecule has 1 amide bonds. The van der Waals surface area contributed by atoms with E-state index in [1.807, 2.05) is 0 Å². The van der Waals surface area contributed by atoms with Gasteiger partial charge in [0.1, 0.15) is 5.78 Å². The molecule has 0 radical (unpaired) electrons. The Labute approximate surface area is 175 Å². The molecule has 3 nitrogen and oxygen atoms in total.